The Morgan fingerprint density at radius 1 is 1.12 bits per heavy atom. The highest BCUT2D eigenvalue weighted by Crippen LogP contribution is 2.15. The molecule has 0 unspecified atom stereocenters. The Morgan fingerprint density at radius 2 is 1.81 bits per heavy atom. The van der Waals surface area contributed by atoms with Gasteiger partial charge in [0.25, 0.3) is 5.91 Å². The maximum absolute atomic E-state index is 12.1. The average molecular weight is 375 g/mol. The van der Waals surface area contributed by atoms with Gasteiger partial charge in [-0.05, 0) is 49.4 Å². The molecular weight excluding hydrogens is 356 g/mol. The molecule has 0 bridgehead atoms. The Morgan fingerprint density at radius 3 is 2.42 bits per heavy atom. The first-order valence-electron chi connectivity index (χ1n) is 7.88. The van der Waals surface area contributed by atoms with E-state index in [9.17, 15) is 14.4 Å². The van der Waals surface area contributed by atoms with Gasteiger partial charge in [0.2, 0.25) is 5.91 Å². The third-order valence-electron chi connectivity index (χ3n) is 3.54. The van der Waals surface area contributed by atoms with E-state index in [4.69, 9.17) is 16.3 Å². The number of ketones is 1. The number of ether oxygens (including phenoxy) is 1. The molecule has 0 saturated heterocycles. The number of benzene rings is 2. The molecule has 0 aromatic heterocycles. The van der Waals surface area contributed by atoms with Crippen LogP contribution in [0.4, 0.5) is 5.69 Å². The molecule has 2 amide bonds. The van der Waals surface area contributed by atoms with Gasteiger partial charge in [0.1, 0.15) is 5.75 Å². The summed E-state index contributed by atoms with van der Waals surface area (Å²) in [5, 5.41) is 3.18. The van der Waals surface area contributed by atoms with E-state index in [1.807, 2.05) is 0 Å². The monoisotopic (exact) mass is 374 g/mol. The van der Waals surface area contributed by atoms with Gasteiger partial charge in [-0.25, -0.2) is 0 Å². The van der Waals surface area contributed by atoms with Crippen LogP contribution in [-0.2, 0) is 9.59 Å². The first kappa shape index (κ1) is 19.5. The van der Waals surface area contributed by atoms with Crippen molar-refractivity contribution in [3.8, 4) is 5.75 Å². The highest BCUT2D eigenvalue weighted by atomic mass is 35.5. The number of anilines is 1. The number of Topliss-reactive ketones (excluding diaryl/α,β-unsaturated/α-hetero) is 1. The molecule has 6 nitrogen and oxygen atoms in total. The summed E-state index contributed by atoms with van der Waals surface area (Å²) in [6, 6.07) is 13.3. The van der Waals surface area contributed by atoms with Crippen molar-refractivity contribution in [3.05, 3.63) is 59.1 Å². The van der Waals surface area contributed by atoms with Crippen molar-refractivity contribution in [2.75, 3.05) is 25.5 Å². The third kappa shape index (κ3) is 5.89. The summed E-state index contributed by atoms with van der Waals surface area (Å²) in [4.78, 5) is 36.6. The lowest BCUT2D eigenvalue weighted by atomic mass is 10.1. The fraction of sp³-hybridized carbons (Fsp3) is 0.211. The quantitative estimate of drug-likeness (QED) is 0.756. The molecule has 1 N–H and O–H groups in total. The lowest BCUT2D eigenvalue weighted by Crippen LogP contribution is -2.37. The van der Waals surface area contributed by atoms with Gasteiger partial charge in [-0.3, -0.25) is 14.4 Å². The number of hydrogen-bond acceptors (Lipinski definition) is 4. The molecule has 0 aliphatic carbocycles. The molecule has 2 aromatic rings. The van der Waals surface area contributed by atoms with E-state index in [1.54, 1.807) is 48.5 Å². The van der Waals surface area contributed by atoms with Gasteiger partial charge < -0.3 is 15.0 Å². The predicted octanol–water partition coefficient (Wildman–Crippen LogP) is 3.02. The number of nitrogens with zero attached hydrogens (tertiary/aromatic N) is 1. The van der Waals surface area contributed by atoms with E-state index >= 15 is 0 Å². The Kier molecular flexibility index (Phi) is 6.74. The zero-order chi connectivity index (χ0) is 19.1. The number of hydrogen-bond donors (Lipinski definition) is 1. The van der Waals surface area contributed by atoms with Gasteiger partial charge in [-0.2, -0.15) is 0 Å². The zero-order valence-electron chi connectivity index (χ0n) is 14.5. The van der Waals surface area contributed by atoms with E-state index in [1.165, 1.54) is 18.9 Å². The van der Waals surface area contributed by atoms with E-state index < -0.39 is 0 Å². The topological polar surface area (TPSA) is 75.7 Å². The van der Waals surface area contributed by atoms with Crippen LogP contribution in [0, 0.1) is 0 Å². The van der Waals surface area contributed by atoms with Crippen LogP contribution in [0.3, 0.4) is 0 Å². The second kappa shape index (κ2) is 9.01. The maximum atomic E-state index is 12.1. The van der Waals surface area contributed by atoms with Crippen LogP contribution in [0.2, 0.25) is 5.02 Å². The molecule has 2 rings (SSSR count). The largest absolute Gasteiger partial charge is 0.484 e. The van der Waals surface area contributed by atoms with Gasteiger partial charge in [0.05, 0.1) is 6.54 Å². The number of amides is 2. The highest BCUT2D eigenvalue weighted by molar-refractivity contribution is 6.30. The van der Waals surface area contributed by atoms with Crippen molar-refractivity contribution in [1.29, 1.82) is 0 Å². The normalized spacial score (nSPS) is 10.1. The summed E-state index contributed by atoms with van der Waals surface area (Å²) in [6.07, 6.45) is 0. The second-order valence-electron chi connectivity index (χ2n) is 5.68. The highest BCUT2D eigenvalue weighted by Gasteiger charge is 2.14. The van der Waals surface area contributed by atoms with Crippen LogP contribution in [0.15, 0.2) is 48.5 Å². The Balaban J connectivity index is 1.81. The molecule has 2 aromatic carbocycles. The number of carbonyl (C=O) groups is 3. The van der Waals surface area contributed by atoms with Crippen molar-refractivity contribution < 1.29 is 19.1 Å². The maximum Gasteiger partial charge on any atom is 0.260 e. The molecule has 0 saturated carbocycles. The smallest absolute Gasteiger partial charge is 0.260 e. The SMILES string of the molecule is CC(=O)c1ccc(OCC(=O)N(C)CC(=O)Nc2cccc(Cl)c2)cc1. The molecule has 0 fully saturated rings. The fourth-order valence-corrected chi connectivity index (χ4v) is 2.30. The number of carbonyl (C=O) groups excluding carboxylic acids is 3. The lowest BCUT2D eigenvalue weighted by Gasteiger charge is -2.17. The van der Waals surface area contributed by atoms with Crippen LogP contribution in [0.25, 0.3) is 0 Å². The average Bonchev–Trinajstić information content (AvgIpc) is 2.59. The minimum absolute atomic E-state index is 0.0434. The van der Waals surface area contributed by atoms with Crippen molar-refractivity contribution in [2.24, 2.45) is 0 Å². The first-order chi connectivity index (χ1) is 12.3. The minimum atomic E-state index is -0.345. The fourth-order valence-electron chi connectivity index (χ4n) is 2.11. The van der Waals surface area contributed by atoms with E-state index in [2.05, 4.69) is 5.32 Å². The van der Waals surface area contributed by atoms with Crippen LogP contribution in [0.1, 0.15) is 17.3 Å². The Labute approximate surface area is 156 Å². The summed E-state index contributed by atoms with van der Waals surface area (Å²) in [5.74, 6) is -0.256. The Hall–Kier alpha value is -2.86. The zero-order valence-corrected chi connectivity index (χ0v) is 15.2. The van der Waals surface area contributed by atoms with Gasteiger partial charge >= 0.3 is 0 Å². The van der Waals surface area contributed by atoms with Crippen molar-refractivity contribution in [3.63, 3.8) is 0 Å². The molecule has 0 aliphatic rings. The number of rotatable bonds is 7. The van der Waals surface area contributed by atoms with Crippen LogP contribution >= 0.6 is 11.6 Å². The Bertz CT molecular complexity index is 805. The van der Waals surface area contributed by atoms with Crippen molar-refractivity contribution >= 4 is 34.9 Å². The summed E-state index contributed by atoms with van der Waals surface area (Å²) in [7, 11) is 1.52. The molecule has 26 heavy (non-hydrogen) atoms. The van der Waals surface area contributed by atoms with Crippen LogP contribution in [-0.4, -0.2) is 42.7 Å². The summed E-state index contributed by atoms with van der Waals surface area (Å²) < 4.78 is 5.39. The van der Waals surface area contributed by atoms with Crippen LogP contribution < -0.4 is 10.1 Å². The standard InChI is InChI=1S/C19H19ClN2O4/c1-13(23)14-6-8-17(9-7-14)26-12-19(25)22(2)11-18(24)21-16-5-3-4-15(20)10-16/h3-10H,11-12H2,1-2H3,(H,21,24). The molecule has 0 spiro atoms. The third-order valence-corrected chi connectivity index (χ3v) is 3.77. The predicted molar refractivity (Wildman–Crippen MR) is 99.7 cm³/mol. The minimum Gasteiger partial charge on any atom is -0.484 e. The van der Waals surface area contributed by atoms with Gasteiger partial charge in [-0.1, -0.05) is 17.7 Å². The number of nitrogens with one attached hydrogen (secondary N) is 1. The molecule has 7 heteroatoms. The molecule has 136 valence electrons. The summed E-state index contributed by atoms with van der Waals surface area (Å²) in [5.41, 5.74) is 1.13. The van der Waals surface area contributed by atoms with Gasteiger partial charge in [-0.15, -0.1) is 0 Å². The number of halogens is 1. The van der Waals surface area contributed by atoms with Gasteiger partial charge in [0, 0.05) is 23.3 Å². The van der Waals surface area contributed by atoms with E-state index in [-0.39, 0.29) is 30.7 Å². The van der Waals surface area contributed by atoms with Gasteiger partial charge in [0.15, 0.2) is 12.4 Å². The first-order valence-corrected chi connectivity index (χ1v) is 8.26. The van der Waals surface area contributed by atoms with Crippen LogP contribution in [0.5, 0.6) is 5.75 Å². The summed E-state index contributed by atoms with van der Waals surface area (Å²) >= 11 is 5.86. The second-order valence-corrected chi connectivity index (χ2v) is 6.11. The van der Waals surface area contributed by atoms with E-state index in [0.717, 1.165) is 0 Å². The summed E-state index contributed by atoms with van der Waals surface area (Å²) in [6.45, 7) is 1.15. The molecular formula is C19H19ClN2O4. The molecule has 0 heterocycles. The van der Waals surface area contributed by atoms with Crippen molar-refractivity contribution in [1.82, 2.24) is 4.90 Å². The molecule has 0 atom stereocenters. The lowest BCUT2D eigenvalue weighted by molar-refractivity contribution is -0.135. The van der Waals surface area contributed by atoms with Crippen molar-refractivity contribution in [2.45, 2.75) is 6.92 Å². The van der Waals surface area contributed by atoms with E-state index in [0.29, 0.717) is 22.0 Å². The number of likely N-dealkylation sites (N-methyl/N-ethyl adjacent to an activating group) is 1. The molecule has 0 radical (unpaired) electrons. The molecule has 0 aliphatic heterocycles.